The maximum Gasteiger partial charge on any atom is 0.344 e. The molecule has 0 aliphatic rings. The molecule has 0 unspecified atom stereocenters. The second kappa shape index (κ2) is 5.27. The van der Waals surface area contributed by atoms with E-state index >= 15 is 0 Å². The zero-order chi connectivity index (χ0) is 14.0. The van der Waals surface area contributed by atoms with Gasteiger partial charge in [-0.15, -0.1) is 5.10 Å². The summed E-state index contributed by atoms with van der Waals surface area (Å²) in [6.45, 7) is 3.81. The predicted molar refractivity (Wildman–Crippen MR) is 72.6 cm³/mol. The normalized spacial score (nSPS) is 10.9. The molecule has 0 saturated heterocycles. The number of aromatic nitrogens is 4. The molecule has 2 aromatic rings. The number of pyridine rings is 1. The quantitative estimate of drug-likeness (QED) is 0.570. The Morgan fingerprint density at radius 3 is 2.89 bits per heavy atom. The fraction of sp³-hybridized carbons (Fsp3) is 0.273. The molecule has 2 aromatic heterocycles. The van der Waals surface area contributed by atoms with Gasteiger partial charge in [0.2, 0.25) is 0 Å². The third kappa shape index (κ3) is 2.84. The van der Waals surface area contributed by atoms with Crippen LogP contribution in [0.25, 0.3) is 0 Å². The lowest BCUT2D eigenvalue weighted by Gasteiger charge is -2.08. The largest absolute Gasteiger partial charge is 0.382 e. The Morgan fingerprint density at radius 2 is 2.26 bits per heavy atom. The Balaban J connectivity index is 2.34. The van der Waals surface area contributed by atoms with E-state index in [1.54, 1.807) is 22.8 Å². The first-order valence-electron chi connectivity index (χ1n) is 5.65. The number of hydrogen-bond acceptors (Lipinski definition) is 5. The van der Waals surface area contributed by atoms with E-state index in [0.717, 1.165) is 0 Å². The second-order valence-electron chi connectivity index (χ2n) is 4.15. The minimum atomic E-state index is -0.250. The first-order valence-corrected chi connectivity index (χ1v) is 6.47. The molecule has 0 aliphatic heterocycles. The van der Waals surface area contributed by atoms with Crippen molar-refractivity contribution in [2.24, 2.45) is 5.73 Å². The topological polar surface area (TPSA) is 113 Å². The van der Waals surface area contributed by atoms with Crippen molar-refractivity contribution in [2.75, 3.05) is 0 Å². The minimum absolute atomic E-state index is 0.00439. The van der Waals surface area contributed by atoms with Crippen molar-refractivity contribution < 1.29 is 0 Å². The molecule has 0 fully saturated rings. The number of aromatic amines is 1. The number of nitrogen functional groups attached to an aromatic ring is 1. The van der Waals surface area contributed by atoms with Gasteiger partial charge in [0, 0.05) is 6.04 Å². The van der Waals surface area contributed by atoms with Gasteiger partial charge in [-0.3, -0.25) is 9.98 Å². The predicted octanol–water partition coefficient (Wildman–Crippen LogP) is 0.983. The van der Waals surface area contributed by atoms with Crippen LogP contribution in [0.1, 0.15) is 25.6 Å². The molecule has 4 N–H and O–H groups in total. The number of nitrogens with one attached hydrogen (secondary N) is 2. The van der Waals surface area contributed by atoms with Crippen LogP contribution in [-0.4, -0.2) is 25.6 Å². The summed E-state index contributed by atoms with van der Waals surface area (Å²) in [5.41, 5.74) is 5.54. The zero-order valence-corrected chi connectivity index (χ0v) is 11.4. The summed E-state index contributed by atoms with van der Waals surface area (Å²) >= 11 is 1.25. The van der Waals surface area contributed by atoms with Gasteiger partial charge in [-0.05, 0) is 37.7 Å². The molecule has 100 valence electrons. The number of nitrogens with two attached hydrogens (primary N) is 1. The van der Waals surface area contributed by atoms with Gasteiger partial charge >= 0.3 is 5.69 Å². The van der Waals surface area contributed by atoms with Crippen molar-refractivity contribution in [3.05, 3.63) is 34.4 Å². The Labute approximate surface area is 113 Å². The molecular weight excluding hydrogens is 264 g/mol. The molecule has 0 atom stereocenters. The minimum Gasteiger partial charge on any atom is -0.382 e. The molecule has 0 saturated carbocycles. The van der Waals surface area contributed by atoms with E-state index < -0.39 is 0 Å². The number of H-pyrrole nitrogens is 1. The summed E-state index contributed by atoms with van der Waals surface area (Å²) in [5.74, 6) is -0.0919. The lowest BCUT2D eigenvalue weighted by molar-refractivity contribution is 0.534. The van der Waals surface area contributed by atoms with Crippen LogP contribution in [0.5, 0.6) is 0 Å². The summed E-state index contributed by atoms with van der Waals surface area (Å²) in [5, 5.41) is 14.9. The maximum absolute atomic E-state index is 11.6. The SMILES string of the molecule is CC(C)n1c(Sc2cccc(C(=N)N)n2)n[nH]c1=O. The van der Waals surface area contributed by atoms with Crippen molar-refractivity contribution in [3.63, 3.8) is 0 Å². The Kier molecular flexibility index (Phi) is 3.70. The molecule has 2 rings (SSSR count). The van der Waals surface area contributed by atoms with Crippen molar-refractivity contribution in [1.29, 1.82) is 5.41 Å². The number of rotatable bonds is 4. The highest BCUT2D eigenvalue weighted by Gasteiger charge is 2.13. The molecule has 0 radical (unpaired) electrons. The van der Waals surface area contributed by atoms with E-state index in [2.05, 4.69) is 15.2 Å². The van der Waals surface area contributed by atoms with Gasteiger partial charge in [-0.25, -0.2) is 14.9 Å². The van der Waals surface area contributed by atoms with Crippen molar-refractivity contribution >= 4 is 17.6 Å². The fourth-order valence-electron chi connectivity index (χ4n) is 1.53. The van der Waals surface area contributed by atoms with Gasteiger partial charge in [0.05, 0.1) is 0 Å². The van der Waals surface area contributed by atoms with Crippen LogP contribution in [0.4, 0.5) is 0 Å². The third-order valence-corrected chi connectivity index (χ3v) is 3.29. The average Bonchev–Trinajstić information content (AvgIpc) is 2.70. The van der Waals surface area contributed by atoms with Crippen LogP contribution >= 0.6 is 11.8 Å². The van der Waals surface area contributed by atoms with E-state index in [1.165, 1.54) is 11.8 Å². The summed E-state index contributed by atoms with van der Waals surface area (Å²) in [4.78, 5) is 15.8. The highest BCUT2D eigenvalue weighted by molar-refractivity contribution is 7.99. The Morgan fingerprint density at radius 1 is 1.53 bits per heavy atom. The molecule has 7 nitrogen and oxygen atoms in total. The molecule has 2 heterocycles. The summed E-state index contributed by atoms with van der Waals surface area (Å²) in [6, 6.07) is 5.20. The maximum atomic E-state index is 11.6. The Bertz CT molecular complexity index is 659. The smallest absolute Gasteiger partial charge is 0.344 e. The lowest BCUT2D eigenvalue weighted by Crippen LogP contribution is -2.19. The van der Waals surface area contributed by atoms with Gasteiger partial charge in [0.25, 0.3) is 0 Å². The van der Waals surface area contributed by atoms with Crippen LogP contribution in [0.2, 0.25) is 0 Å². The first-order chi connectivity index (χ1) is 8.99. The zero-order valence-electron chi connectivity index (χ0n) is 10.5. The van der Waals surface area contributed by atoms with Crippen molar-refractivity contribution in [3.8, 4) is 0 Å². The van der Waals surface area contributed by atoms with Gasteiger partial charge in [-0.1, -0.05) is 6.07 Å². The van der Waals surface area contributed by atoms with Gasteiger partial charge in [0.1, 0.15) is 16.6 Å². The standard InChI is InChI=1S/C11H14N6OS/c1-6(2)17-10(18)15-16-11(17)19-8-5-3-4-7(14-8)9(12)13/h3-6H,1-2H3,(H3,12,13)(H,15,18). The Hall–Kier alpha value is -2.09. The van der Waals surface area contributed by atoms with Crippen molar-refractivity contribution in [2.45, 2.75) is 30.1 Å². The summed E-state index contributed by atoms with van der Waals surface area (Å²) in [7, 11) is 0. The average molecular weight is 278 g/mol. The van der Waals surface area contributed by atoms with E-state index in [9.17, 15) is 4.79 Å². The molecule has 0 spiro atoms. The third-order valence-electron chi connectivity index (χ3n) is 2.38. The number of nitrogens with zero attached hydrogens (tertiary/aromatic N) is 3. The molecule has 0 amide bonds. The number of amidine groups is 1. The number of hydrogen-bond donors (Lipinski definition) is 3. The van der Waals surface area contributed by atoms with Gasteiger partial charge < -0.3 is 5.73 Å². The van der Waals surface area contributed by atoms with Crippen molar-refractivity contribution in [1.82, 2.24) is 19.7 Å². The molecule has 0 bridgehead atoms. The molecular formula is C11H14N6OS. The molecule has 8 heteroatoms. The van der Waals surface area contributed by atoms with E-state index in [1.807, 2.05) is 13.8 Å². The summed E-state index contributed by atoms with van der Waals surface area (Å²) < 4.78 is 1.55. The van der Waals surface area contributed by atoms with Gasteiger partial charge in [-0.2, -0.15) is 0 Å². The summed E-state index contributed by atoms with van der Waals surface area (Å²) in [6.07, 6.45) is 0. The second-order valence-corrected chi connectivity index (χ2v) is 5.14. The fourth-order valence-corrected chi connectivity index (χ4v) is 2.49. The van der Waals surface area contributed by atoms with Crippen LogP contribution in [0.15, 0.2) is 33.2 Å². The van der Waals surface area contributed by atoms with E-state index in [0.29, 0.717) is 15.9 Å². The van der Waals surface area contributed by atoms with Gasteiger partial charge in [0.15, 0.2) is 5.16 Å². The molecule has 0 aliphatic carbocycles. The lowest BCUT2D eigenvalue weighted by atomic mass is 10.3. The van der Waals surface area contributed by atoms with Crippen LogP contribution < -0.4 is 11.4 Å². The first kappa shape index (κ1) is 13.3. The van der Waals surface area contributed by atoms with E-state index in [4.69, 9.17) is 11.1 Å². The van der Waals surface area contributed by atoms with Crippen LogP contribution in [0, 0.1) is 5.41 Å². The van der Waals surface area contributed by atoms with Crippen LogP contribution in [0.3, 0.4) is 0 Å². The molecule has 19 heavy (non-hydrogen) atoms. The highest BCUT2D eigenvalue weighted by Crippen LogP contribution is 2.24. The highest BCUT2D eigenvalue weighted by atomic mass is 32.2. The van der Waals surface area contributed by atoms with E-state index in [-0.39, 0.29) is 17.6 Å². The monoisotopic (exact) mass is 278 g/mol. The molecule has 0 aromatic carbocycles. The van der Waals surface area contributed by atoms with Crippen LogP contribution in [-0.2, 0) is 0 Å².